The van der Waals surface area contributed by atoms with E-state index in [9.17, 15) is 8.78 Å². The molecule has 0 unspecified atom stereocenters. The minimum Gasteiger partial charge on any atom is -0.366 e. The lowest BCUT2D eigenvalue weighted by Crippen LogP contribution is -2.52. The van der Waals surface area contributed by atoms with E-state index in [-0.39, 0.29) is 29.8 Å². The zero-order chi connectivity index (χ0) is 20.2. The number of anilines is 1. The summed E-state index contributed by atoms with van der Waals surface area (Å²) in [5.41, 5.74) is 1.32. The molecular weight excluding hydrogens is 501 g/mol. The van der Waals surface area contributed by atoms with Crippen LogP contribution in [0.1, 0.15) is 37.4 Å². The minimum absolute atomic E-state index is 0. The first kappa shape index (κ1) is 22.8. The van der Waals surface area contributed by atoms with E-state index in [1.165, 1.54) is 37.8 Å². The number of rotatable bonds is 4. The van der Waals surface area contributed by atoms with Gasteiger partial charge in [-0.25, -0.2) is 8.78 Å². The topological polar surface area (TPSA) is 48.7 Å². The number of hydrogen-bond donors (Lipinski definition) is 1. The van der Waals surface area contributed by atoms with Crippen LogP contribution in [0, 0.1) is 11.6 Å². The Labute approximate surface area is 193 Å². The normalized spacial score (nSPS) is 17.9. The van der Waals surface area contributed by atoms with Crippen LogP contribution < -0.4 is 10.2 Å². The van der Waals surface area contributed by atoms with Gasteiger partial charge >= 0.3 is 0 Å². The molecule has 0 amide bonds. The maximum Gasteiger partial charge on any atom is 0.194 e. The fraction of sp³-hybridized carbons (Fsp3) is 0.524. The predicted octanol–water partition coefficient (Wildman–Crippen LogP) is 3.79. The summed E-state index contributed by atoms with van der Waals surface area (Å²) >= 11 is 0. The van der Waals surface area contributed by atoms with Crippen LogP contribution >= 0.6 is 24.0 Å². The van der Waals surface area contributed by atoms with Crippen LogP contribution in [-0.4, -0.2) is 53.9 Å². The molecule has 9 heteroatoms. The molecule has 6 nitrogen and oxygen atoms in total. The summed E-state index contributed by atoms with van der Waals surface area (Å²) in [7, 11) is 1.76. The van der Waals surface area contributed by atoms with Gasteiger partial charge in [-0.15, -0.1) is 24.0 Å². The summed E-state index contributed by atoms with van der Waals surface area (Å²) in [5, 5.41) is 8.09. The number of nitrogens with one attached hydrogen (secondary N) is 1. The molecule has 2 aromatic rings. The first-order valence-corrected chi connectivity index (χ1v) is 10.3. The Morgan fingerprint density at radius 3 is 2.57 bits per heavy atom. The fourth-order valence-corrected chi connectivity index (χ4v) is 4.23. The molecule has 1 aliphatic heterocycles. The fourth-order valence-electron chi connectivity index (χ4n) is 4.23. The van der Waals surface area contributed by atoms with Gasteiger partial charge in [-0.3, -0.25) is 9.67 Å². The van der Waals surface area contributed by atoms with Gasteiger partial charge in [0, 0.05) is 45.5 Å². The summed E-state index contributed by atoms with van der Waals surface area (Å²) in [5.74, 6) is -0.00154. The molecule has 0 bridgehead atoms. The summed E-state index contributed by atoms with van der Waals surface area (Å²) in [6, 6.07) is 6.19. The average Bonchev–Trinajstić information content (AvgIpc) is 3.43. The number of benzene rings is 1. The number of aromatic nitrogens is 2. The van der Waals surface area contributed by atoms with Crippen LogP contribution in [0.4, 0.5) is 14.5 Å². The molecule has 2 aliphatic rings. The third-order valence-corrected chi connectivity index (χ3v) is 5.83. The molecule has 2 heterocycles. The number of hydrogen-bond acceptors (Lipinski definition) is 3. The second kappa shape index (κ2) is 10.4. The highest BCUT2D eigenvalue weighted by Gasteiger charge is 2.22. The number of halogens is 3. The molecule has 1 aromatic heterocycles. The summed E-state index contributed by atoms with van der Waals surface area (Å²) in [4.78, 5) is 8.41. The van der Waals surface area contributed by atoms with Gasteiger partial charge in [0.15, 0.2) is 5.96 Å². The maximum atomic E-state index is 14.0. The molecule has 1 aromatic carbocycles. The molecular formula is C21H29F2IN6. The van der Waals surface area contributed by atoms with Crippen molar-refractivity contribution in [1.29, 1.82) is 0 Å². The lowest BCUT2D eigenvalue weighted by Gasteiger charge is -2.37. The maximum absolute atomic E-state index is 14.0. The van der Waals surface area contributed by atoms with Gasteiger partial charge in [0.2, 0.25) is 0 Å². The molecule has 0 atom stereocenters. The van der Waals surface area contributed by atoms with E-state index < -0.39 is 5.82 Å². The Kier molecular flexibility index (Phi) is 7.90. The van der Waals surface area contributed by atoms with Crippen molar-refractivity contribution in [1.82, 2.24) is 20.0 Å². The van der Waals surface area contributed by atoms with Gasteiger partial charge in [-0.1, -0.05) is 12.8 Å². The minimum atomic E-state index is -0.418. The lowest BCUT2D eigenvalue weighted by molar-refractivity contribution is 0.370. The molecule has 1 saturated heterocycles. The average molecular weight is 530 g/mol. The Hall–Kier alpha value is -1.91. The SMILES string of the molecule is CN=C(NCc1ccn(C2CCCC2)n1)N1CCN(c2cc(F)ccc2F)CC1.I. The van der Waals surface area contributed by atoms with E-state index in [1.807, 2.05) is 4.90 Å². The van der Waals surface area contributed by atoms with Gasteiger partial charge < -0.3 is 15.1 Å². The van der Waals surface area contributed by atoms with Crippen molar-refractivity contribution in [2.75, 3.05) is 38.1 Å². The molecule has 30 heavy (non-hydrogen) atoms. The zero-order valence-electron chi connectivity index (χ0n) is 17.2. The van der Waals surface area contributed by atoms with Gasteiger partial charge in [0.25, 0.3) is 0 Å². The summed E-state index contributed by atoms with van der Waals surface area (Å²) in [6.45, 7) is 3.21. The van der Waals surface area contributed by atoms with Crippen molar-refractivity contribution in [2.24, 2.45) is 4.99 Å². The highest BCUT2D eigenvalue weighted by molar-refractivity contribution is 14.0. The van der Waals surface area contributed by atoms with Crippen LogP contribution in [0.2, 0.25) is 0 Å². The Bertz CT molecular complexity index is 857. The predicted molar refractivity (Wildman–Crippen MR) is 125 cm³/mol. The van der Waals surface area contributed by atoms with Gasteiger partial charge in [-0.2, -0.15) is 5.10 Å². The highest BCUT2D eigenvalue weighted by Crippen LogP contribution is 2.28. The van der Waals surface area contributed by atoms with E-state index in [1.54, 1.807) is 7.05 Å². The molecule has 1 N–H and O–H groups in total. The molecule has 164 valence electrons. The number of nitrogens with zero attached hydrogens (tertiary/aromatic N) is 5. The Morgan fingerprint density at radius 2 is 1.87 bits per heavy atom. The third-order valence-electron chi connectivity index (χ3n) is 5.83. The monoisotopic (exact) mass is 530 g/mol. The smallest absolute Gasteiger partial charge is 0.194 e. The van der Waals surface area contributed by atoms with Crippen LogP contribution in [-0.2, 0) is 6.54 Å². The van der Waals surface area contributed by atoms with Crippen molar-refractivity contribution >= 4 is 35.6 Å². The standard InChI is InChI=1S/C21H28F2N6.HI/c1-24-21(25-15-17-8-9-29(26-17)18-4-2-3-5-18)28-12-10-27(11-13-28)20-14-16(22)6-7-19(20)23;/h6-9,14,18H,2-5,10-13,15H2,1H3,(H,24,25);1H. The highest BCUT2D eigenvalue weighted by atomic mass is 127. The number of piperazine rings is 1. The van der Waals surface area contributed by atoms with Crippen LogP contribution in [0.15, 0.2) is 35.5 Å². The van der Waals surface area contributed by atoms with Crippen molar-refractivity contribution < 1.29 is 8.78 Å². The van der Waals surface area contributed by atoms with Gasteiger partial charge in [0.05, 0.1) is 24.0 Å². The van der Waals surface area contributed by atoms with E-state index in [0.717, 1.165) is 17.7 Å². The summed E-state index contributed by atoms with van der Waals surface area (Å²) < 4.78 is 29.6. The second-order valence-corrected chi connectivity index (χ2v) is 7.70. The summed E-state index contributed by atoms with van der Waals surface area (Å²) in [6.07, 6.45) is 7.08. The Morgan fingerprint density at radius 1 is 1.13 bits per heavy atom. The molecule has 2 fully saturated rings. The molecule has 0 spiro atoms. The first-order chi connectivity index (χ1) is 14.1. The van der Waals surface area contributed by atoms with Crippen molar-refractivity contribution in [3.63, 3.8) is 0 Å². The van der Waals surface area contributed by atoms with E-state index in [2.05, 4.69) is 32.2 Å². The molecule has 1 saturated carbocycles. The van der Waals surface area contributed by atoms with Crippen LogP contribution in [0.3, 0.4) is 0 Å². The van der Waals surface area contributed by atoms with Crippen LogP contribution in [0.5, 0.6) is 0 Å². The quantitative estimate of drug-likeness (QED) is 0.372. The van der Waals surface area contributed by atoms with Gasteiger partial charge in [-0.05, 0) is 31.0 Å². The Balaban J connectivity index is 0.00000256. The van der Waals surface area contributed by atoms with Crippen molar-refractivity contribution in [2.45, 2.75) is 38.3 Å². The first-order valence-electron chi connectivity index (χ1n) is 10.3. The number of guanidine groups is 1. The number of aliphatic imine (C=N–C) groups is 1. The third kappa shape index (κ3) is 5.22. The molecule has 1 aliphatic carbocycles. The lowest BCUT2D eigenvalue weighted by atomic mass is 10.2. The van der Waals surface area contributed by atoms with Crippen molar-refractivity contribution in [3.8, 4) is 0 Å². The van der Waals surface area contributed by atoms with Gasteiger partial charge in [0.1, 0.15) is 11.6 Å². The van der Waals surface area contributed by atoms with E-state index in [4.69, 9.17) is 5.10 Å². The molecule has 0 radical (unpaired) electrons. The second-order valence-electron chi connectivity index (χ2n) is 7.70. The van der Waals surface area contributed by atoms with E-state index in [0.29, 0.717) is 44.5 Å². The van der Waals surface area contributed by atoms with E-state index >= 15 is 0 Å². The van der Waals surface area contributed by atoms with Crippen LogP contribution in [0.25, 0.3) is 0 Å². The largest absolute Gasteiger partial charge is 0.366 e. The molecule has 4 rings (SSSR count). The van der Waals surface area contributed by atoms with Crippen molar-refractivity contribution in [3.05, 3.63) is 47.8 Å². The zero-order valence-corrected chi connectivity index (χ0v) is 19.6.